The molecule has 1 atom stereocenters. The van der Waals surface area contributed by atoms with Crippen molar-refractivity contribution >= 4 is 11.3 Å². The summed E-state index contributed by atoms with van der Waals surface area (Å²) >= 11 is 1.80. The minimum Gasteiger partial charge on any atom is -0.311 e. The average Bonchev–Trinajstić information content (AvgIpc) is 2.89. The van der Waals surface area contributed by atoms with Crippen LogP contribution >= 0.6 is 11.3 Å². The van der Waals surface area contributed by atoms with Crippen molar-refractivity contribution in [3.63, 3.8) is 0 Å². The van der Waals surface area contributed by atoms with Crippen LogP contribution < -0.4 is 5.32 Å². The topological polar surface area (TPSA) is 50.7 Å². The molecule has 4 nitrogen and oxygen atoms in total. The zero-order valence-corrected chi connectivity index (χ0v) is 13.7. The summed E-state index contributed by atoms with van der Waals surface area (Å²) in [5.41, 5.74) is 2.38. The lowest BCUT2D eigenvalue weighted by Crippen LogP contribution is -2.39. The Morgan fingerprint density at radius 1 is 1.38 bits per heavy atom. The van der Waals surface area contributed by atoms with Gasteiger partial charge < -0.3 is 5.32 Å². The van der Waals surface area contributed by atoms with Gasteiger partial charge in [0.05, 0.1) is 5.69 Å². The number of fused-ring (bicyclic) bond motifs is 1. The standard InChI is InChI=1S/C16H22N4S/c1-16(2,3)19-9-11-5-4-6-13-14(11)20-15(21-13)12-7-8-17-10-18-12/h7-8,10-11,19H,4-6,9H2,1-3H3. The second kappa shape index (κ2) is 5.81. The largest absolute Gasteiger partial charge is 0.311 e. The fourth-order valence-corrected chi connectivity index (χ4v) is 3.83. The van der Waals surface area contributed by atoms with E-state index >= 15 is 0 Å². The van der Waals surface area contributed by atoms with Gasteiger partial charge in [0.1, 0.15) is 17.0 Å². The van der Waals surface area contributed by atoms with Gasteiger partial charge in [0, 0.05) is 29.1 Å². The van der Waals surface area contributed by atoms with Crippen molar-refractivity contribution in [1.82, 2.24) is 20.3 Å². The first-order chi connectivity index (χ1) is 10.0. The molecule has 0 aliphatic heterocycles. The molecule has 2 heterocycles. The summed E-state index contributed by atoms with van der Waals surface area (Å²) in [6.07, 6.45) is 7.01. The number of aromatic nitrogens is 3. The van der Waals surface area contributed by atoms with Crippen molar-refractivity contribution in [3.05, 3.63) is 29.2 Å². The Bertz CT molecular complexity index is 600. The van der Waals surface area contributed by atoms with Gasteiger partial charge in [-0.15, -0.1) is 11.3 Å². The first kappa shape index (κ1) is 14.6. The summed E-state index contributed by atoms with van der Waals surface area (Å²) in [6.45, 7) is 7.64. The normalized spacial score (nSPS) is 18.5. The van der Waals surface area contributed by atoms with Crippen molar-refractivity contribution in [2.75, 3.05) is 6.54 Å². The van der Waals surface area contributed by atoms with Crippen molar-refractivity contribution in [2.45, 2.75) is 51.5 Å². The van der Waals surface area contributed by atoms with Gasteiger partial charge in [0.2, 0.25) is 0 Å². The highest BCUT2D eigenvalue weighted by atomic mass is 32.1. The van der Waals surface area contributed by atoms with E-state index in [1.165, 1.54) is 23.4 Å². The van der Waals surface area contributed by atoms with Crippen molar-refractivity contribution in [2.24, 2.45) is 0 Å². The molecule has 0 aromatic carbocycles. The molecule has 0 saturated heterocycles. The molecule has 2 aromatic heterocycles. The second-order valence-electron chi connectivity index (χ2n) is 6.64. The van der Waals surface area contributed by atoms with Crippen molar-refractivity contribution < 1.29 is 0 Å². The molecule has 112 valence electrons. The van der Waals surface area contributed by atoms with E-state index < -0.39 is 0 Å². The molecule has 0 fully saturated rings. The number of hydrogen-bond donors (Lipinski definition) is 1. The van der Waals surface area contributed by atoms with Crippen molar-refractivity contribution in [3.8, 4) is 10.7 Å². The zero-order chi connectivity index (χ0) is 14.9. The number of rotatable bonds is 3. The van der Waals surface area contributed by atoms with Crippen LogP contribution in [0.25, 0.3) is 10.7 Å². The Morgan fingerprint density at radius 2 is 2.24 bits per heavy atom. The van der Waals surface area contributed by atoms with Gasteiger partial charge in [-0.05, 0) is 46.1 Å². The molecule has 1 unspecified atom stereocenters. The molecule has 2 aromatic rings. The lowest BCUT2D eigenvalue weighted by atomic mass is 9.90. The van der Waals surface area contributed by atoms with Gasteiger partial charge in [0.15, 0.2) is 0 Å². The van der Waals surface area contributed by atoms with E-state index in [-0.39, 0.29) is 5.54 Å². The number of nitrogens with one attached hydrogen (secondary N) is 1. The van der Waals surface area contributed by atoms with Crippen LogP contribution in [0.15, 0.2) is 18.6 Å². The van der Waals surface area contributed by atoms with E-state index in [1.807, 2.05) is 6.07 Å². The molecule has 5 heteroatoms. The first-order valence-electron chi connectivity index (χ1n) is 7.54. The molecule has 1 N–H and O–H groups in total. The highest BCUT2D eigenvalue weighted by Crippen LogP contribution is 2.37. The summed E-state index contributed by atoms with van der Waals surface area (Å²) in [4.78, 5) is 14.6. The van der Waals surface area contributed by atoms with Gasteiger partial charge in [-0.1, -0.05) is 0 Å². The van der Waals surface area contributed by atoms with Gasteiger partial charge in [0.25, 0.3) is 0 Å². The van der Waals surface area contributed by atoms with Crippen LogP contribution in [-0.4, -0.2) is 27.0 Å². The fraction of sp³-hybridized carbons (Fsp3) is 0.562. The Hall–Kier alpha value is -1.33. The Morgan fingerprint density at radius 3 is 2.95 bits per heavy atom. The molecule has 0 spiro atoms. The SMILES string of the molecule is CC(C)(C)NCC1CCCc2sc(-c3ccncn3)nc21. The molecule has 1 aliphatic rings. The predicted octanol–water partition coefficient (Wildman–Crippen LogP) is 3.41. The number of aryl methyl sites for hydroxylation is 1. The molecule has 1 aliphatic carbocycles. The monoisotopic (exact) mass is 302 g/mol. The quantitative estimate of drug-likeness (QED) is 0.944. The van der Waals surface area contributed by atoms with Crippen LogP contribution in [0.3, 0.4) is 0 Å². The van der Waals surface area contributed by atoms with Gasteiger partial charge in [-0.2, -0.15) is 0 Å². The molecule has 0 amide bonds. The van der Waals surface area contributed by atoms with E-state index in [4.69, 9.17) is 4.98 Å². The lowest BCUT2D eigenvalue weighted by molar-refractivity contribution is 0.388. The van der Waals surface area contributed by atoms with Crippen LogP contribution in [0, 0.1) is 0 Å². The summed E-state index contributed by atoms with van der Waals surface area (Å²) in [5, 5.41) is 4.65. The number of hydrogen-bond acceptors (Lipinski definition) is 5. The van der Waals surface area contributed by atoms with E-state index in [1.54, 1.807) is 23.9 Å². The minimum atomic E-state index is 0.156. The Labute approximate surface area is 130 Å². The summed E-state index contributed by atoms with van der Waals surface area (Å²) in [5.74, 6) is 0.528. The third kappa shape index (κ3) is 3.47. The maximum Gasteiger partial charge on any atom is 0.142 e. The van der Waals surface area contributed by atoms with Crippen molar-refractivity contribution in [1.29, 1.82) is 0 Å². The van der Waals surface area contributed by atoms with Gasteiger partial charge >= 0.3 is 0 Å². The minimum absolute atomic E-state index is 0.156. The highest BCUT2D eigenvalue weighted by Gasteiger charge is 2.26. The molecular formula is C16H22N4S. The summed E-state index contributed by atoms with van der Waals surface area (Å²) in [7, 11) is 0. The third-order valence-electron chi connectivity index (χ3n) is 3.75. The van der Waals surface area contributed by atoms with Gasteiger partial charge in [-0.25, -0.2) is 15.0 Å². The van der Waals surface area contributed by atoms with Crippen LogP contribution in [0.4, 0.5) is 0 Å². The summed E-state index contributed by atoms with van der Waals surface area (Å²) < 4.78 is 0. The Kier molecular flexibility index (Phi) is 4.04. The first-order valence-corrected chi connectivity index (χ1v) is 8.35. The average molecular weight is 302 g/mol. The van der Waals surface area contributed by atoms with Crippen LogP contribution in [-0.2, 0) is 6.42 Å². The summed E-state index contributed by atoms with van der Waals surface area (Å²) in [6, 6.07) is 1.94. The van der Waals surface area contributed by atoms with E-state index in [9.17, 15) is 0 Å². The van der Waals surface area contributed by atoms with Gasteiger partial charge in [-0.3, -0.25) is 0 Å². The van der Waals surface area contributed by atoms with E-state index in [0.29, 0.717) is 5.92 Å². The second-order valence-corrected chi connectivity index (χ2v) is 7.73. The molecule has 0 saturated carbocycles. The van der Waals surface area contributed by atoms with Crippen LogP contribution in [0.5, 0.6) is 0 Å². The number of nitrogens with zero attached hydrogens (tertiary/aromatic N) is 3. The molecule has 0 radical (unpaired) electrons. The zero-order valence-electron chi connectivity index (χ0n) is 12.9. The number of thiazole rings is 1. The maximum atomic E-state index is 4.89. The lowest BCUT2D eigenvalue weighted by Gasteiger charge is -2.27. The predicted molar refractivity (Wildman–Crippen MR) is 86.6 cm³/mol. The molecule has 0 bridgehead atoms. The molecule has 21 heavy (non-hydrogen) atoms. The molecule has 3 rings (SSSR count). The van der Waals surface area contributed by atoms with E-state index in [2.05, 4.69) is 36.1 Å². The Balaban J connectivity index is 1.83. The highest BCUT2D eigenvalue weighted by molar-refractivity contribution is 7.15. The maximum absolute atomic E-state index is 4.89. The van der Waals surface area contributed by atoms with Crippen LogP contribution in [0.2, 0.25) is 0 Å². The smallest absolute Gasteiger partial charge is 0.142 e. The van der Waals surface area contributed by atoms with E-state index in [0.717, 1.165) is 23.7 Å². The molecular weight excluding hydrogens is 280 g/mol. The fourth-order valence-electron chi connectivity index (χ4n) is 2.66. The van der Waals surface area contributed by atoms with Crippen LogP contribution in [0.1, 0.15) is 50.1 Å². The third-order valence-corrected chi connectivity index (χ3v) is 4.90.